The van der Waals surface area contributed by atoms with Gasteiger partial charge in [-0.1, -0.05) is 25.1 Å². The van der Waals surface area contributed by atoms with Gasteiger partial charge in [0.2, 0.25) is 0 Å². The first-order valence-electron chi connectivity index (χ1n) is 5.95. The molecule has 1 atom stereocenters. The van der Waals surface area contributed by atoms with E-state index in [9.17, 15) is 4.57 Å². The van der Waals surface area contributed by atoms with Gasteiger partial charge in [0.15, 0.2) is 0 Å². The lowest BCUT2D eigenvalue weighted by Gasteiger charge is -2.16. The molecular weight excluding hydrogens is 235 g/mol. The maximum Gasteiger partial charge on any atom is 0.330 e. The molecule has 1 unspecified atom stereocenters. The topological polar surface area (TPSA) is 35.5 Å². The van der Waals surface area contributed by atoms with Crippen LogP contribution in [0.2, 0.25) is 0 Å². The Bertz CT molecular complexity index is 415. The van der Waals surface area contributed by atoms with Gasteiger partial charge in [-0.3, -0.25) is 4.57 Å². The van der Waals surface area contributed by atoms with Gasteiger partial charge in [-0.05, 0) is 37.5 Å². The molecule has 0 aliphatic heterocycles. The summed E-state index contributed by atoms with van der Waals surface area (Å²) < 4.78 is 22.7. The second kappa shape index (κ2) is 6.34. The maximum absolute atomic E-state index is 12.1. The highest BCUT2D eigenvalue weighted by molar-refractivity contribution is 7.53. The van der Waals surface area contributed by atoms with E-state index >= 15 is 0 Å². The van der Waals surface area contributed by atoms with Crippen molar-refractivity contribution < 1.29 is 13.6 Å². The fourth-order valence-electron chi connectivity index (χ4n) is 1.48. The van der Waals surface area contributed by atoms with E-state index < -0.39 is 7.60 Å². The second-order valence-corrected chi connectivity index (χ2v) is 6.41. The summed E-state index contributed by atoms with van der Waals surface area (Å²) in [5, 5.41) is 0. The minimum absolute atomic E-state index is 0.340. The van der Waals surface area contributed by atoms with Crippen LogP contribution in [0.1, 0.15) is 30.5 Å². The summed E-state index contributed by atoms with van der Waals surface area (Å²) in [6.07, 6.45) is 0.408. The average molecular weight is 256 g/mol. The van der Waals surface area contributed by atoms with Gasteiger partial charge in [-0.25, -0.2) is 0 Å². The molecule has 0 heterocycles. The first kappa shape index (κ1) is 14.4. The summed E-state index contributed by atoms with van der Waals surface area (Å²) in [7, 11) is -2.89. The van der Waals surface area contributed by atoms with Crippen molar-refractivity contribution >= 4 is 7.60 Å². The summed E-state index contributed by atoms with van der Waals surface area (Å²) in [6, 6.07) is 6.10. The van der Waals surface area contributed by atoms with Crippen LogP contribution in [0.4, 0.5) is 0 Å². The van der Waals surface area contributed by atoms with Crippen LogP contribution >= 0.6 is 7.60 Å². The van der Waals surface area contributed by atoms with Crippen molar-refractivity contribution in [2.45, 2.75) is 34.3 Å². The highest BCUT2D eigenvalue weighted by Crippen LogP contribution is 2.48. The van der Waals surface area contributed by atoms with Gasteiger partial charge in [0.25, 0.3) is 0 Å². The molecule has 0 amide bonds. The summed E-state index contributed by atoms with van der Waals surface area (Å²) in [6.45, 7) is 8.51. The summed E-state index contributed by atoms with van der Waals surface area (Å²) in [5.74, 6) is 0. The van der Waals surface area contributed by atoms with Crippen LogP contribution in [-0.4, -0.2) is 12.8 Å². The quantitative estimate of drug-likeness (QED) is 0.720. The molecule has 0 bridgehead atoms. The molecule has 0 saturated heterocycles. The Morgan fingerprint density at radius 2 is 1.82 bits per heavy atom. The van der Waals surface area contributed by atoms with Crippen LogP contribution in [0, 0.1) is 13.8 Å². The van der Waals surface area contributed by atoms with Crippen LogP contribution in [0.15, 0.2) is 18.2 Å². The Balaban J connectivity index is 2.66. The van der Waals surface area contributed by atoms with E-state index in [1.54, 1.807) is 0 Å². The Morgan fingerprint density at radius 3 is 2.35 bits per heavy atom. The number of hydrogen-bond acceptors (Lipinski definition) is 3. The predicted octanol–water partition coefficient (Wildman–Crippen LogP) is 4.07. The summed E-state index contributed by atoms with van der Waals surface area (Å²) in [5.41, 5.74) is 3.49. The molecule has 0 aromatic heterocycles. The normalized spacial score (nSPS) is 14.6. The van der Waals surface area contributed by atoms with Gasteiger partial charge >= 0.3 is 7.60 Å². The standard InChI is InChI=1S/C13H21O3P/c1-5-15-17(14,6-2)16-10-13-8-7-11(3)12(4)9-13/h7-9H,5-6,10H2,1-4H3. The first-order chi connectivity index (χ1) is 8.00. The summed E-state index contributed by atoms with van der Waals surface area (Å²) in [4.78, 5) is 0. The number of aryl methyl sites for hydroxylation is 2. The maximum atomic E-state index is 12.1. The molecular formula is C13H21O3P. The predicted molar refractivity (Wildman–Crippen MR) is 70.5 cm³/mol. The minimum Gasteiger partial charge on any atom is -0.309 e. The van der Waals surface area contributed by atoms with Gasteiger partial charge in [0, 0.05) is 6.16 Å². The highest BCUT2D eigenvalue weighted by Gasteiger charge is 2.20. The van der Waals surface area contributed by atoms with Gasteiger partial charge in [-0.15, -0.1) is 0 Å². The Kier molecular flexibility index (Phi) is 5.38. The third-order valence-electron chi connectivity index (χ3n) is 2.71. The smallest absolute Gasteiger partial charge is 0.309 e. The fraction of sp³-hybridized carbons (Fsp3) is 0.538. The molecule has 96 valence electrons. The molecule has 0 aliphatic carbocycles. The minimum atomic E-state index is -2.89. The lowest BCUT2D eigenvalue weighted by Crippen LogP contribution is -1.99. The van der Waals surface area contributed by atoms with Crippen molar-refractivity contribution in [2.24, 2.45) is 0 Å². The van der Waals surface area contributed by atoms with Gasteiger partial charge in [0.05, 0.1) is 13.2 Å². The SMILES string of the molecule is CCOP(=O)(CC)OCc1ccc(C)c(C)c1. The Morgan fingerprint density at radius 1 is 1.12 bits per heavy atom. The van der Waals surface area contributed by atoms with E-state index in [0.29, 0.717) is 19.4 Å². The monoisotopic (exact) mass is 256 g/mol. The molecule has 0 radical (unpaired) electrons. The van der Waals surface area contributed by atoms with E-state index in [1.165, 1.54) is 11.1 Å². The fourth-order valence-corrected chi connectivity index (χ4v) is 2.66. The van der Waals surface area contributed by atoms with E-state index in [1.807, 2.05) is 26.0 Å². The van der Waals surface area contributed by atoms with Crippen molar-refractivity contribution in [3.8, 4) is 0 Å². The van der Waals surface area contributed by atoms with Crippen LogP contribution in [-0.2, 0) is 20.2 Å². The molecule has 0 fully saturated rings. The van der Waals surface area contributed by atoms with E-state index in [4.69, 9.17) is 9.05 Å². The molecule has 0 saturated carbocycles. The molecule has 17 heavy (non-hydrogen) atoms. The van der Waals surface area contributed by atoms with Gasteiger partial charge in [0.1, 0.15) is 0 Å². The van der Waals surface area contributed by atoms with Crippen LogP contribution in [0.3, 0.4) is 0 Å². The molecule has 0 aliphatic rings. The zero-order valence-electron chi connectivity index (χ0n) is 11.0. The zero-order chi connectivity index (χ0) is 12.9. The van der Waals surface area contributed by atoms with E-state index in [0.717, 1.165) is 5.56 Å². The third kappa shape index (κ3) is 4.27. The van der Waals surface area contributed by atoms with Crippen LogP contribution in [0.5, 0.6) is 0 Å². The molecule has 1 aromatic carbocycles. The molecule has 4 heteroatoms. The number of rotatable bonds is 6. The lowest BCUT2D eigenvalue weighted by molar-refractivity contribution is 0.205. The van der Waals surface area contributed by atoms with Crippen LogP contribution in [0.25, 0.3) is 0 Å². The third-order valence-corrected chi connectivity index (χ3v) is 4.66. The highest BCUT2D eigenvalue weighted by atomic mass is 31.2. The molecule has 3 nitrogen and oxygen atoms in total. The zero-order valence-corrected chi connectivity index (χ0v) is 11.9. The molecule has 0 N–H and O–H groups in total. The largest absolute Gasteiger partial charge is 0.330 e. The molecule has 1 aromatic rings. The van der Waals surface area contributed by atoms with Crippen LogP contribution < -0.4 is 0 Å². The Labute approximate surface area is 104 Å². The first-order valence-corrected chi connectivity index (χ1v) is 7.68. The second-order valence-electron chi connectivity index (χ2n) is 4.04. The van der Waals surface area contributed by atoms with Crippen molar-refractivity contribution in [3.05, 3.63) is 34.9 Å². The number of hydrogen-bond donors (Lipinski definition) is 0. The lowest BCUT2D eigenvalue weighted by atomic mass is 10.1. The van der Waals surface area contributed by atoms with Gasteiger partial charge in [-0.2, -0.15) is 0 Å². The Hall–Kier alpha value is -0.630. The van der Waals surface area contributed by atoms with E-state index in [2.05, 4.69) is 19.9 Å². The van der Waals surface area contributed by atoms with Gasteiger partial charge < -0.3 is 9.05 Å². The number of benzene rings is 1. The molecule has 0 spiro atoms. The van der Waals surface area contributed by atoms with E-state index in [-0.39, 0.29) is 0 Å². The van der Waals surface area contributed by atoms with Crippen molar-refractivity contribution in [2.75, 3.05) is 12.8 Å². The molecule has 1 rings (SSSR count). The summed E-state index contributed by atoms with van der Waals surface area (Å²) >= 11 is 0. The van der Waals surface area contributed by atoms with Crippen molar-refractivity contribution in [1.82, 2.24) is 0 Å². The average Bonchev–Trinajstić information content (AvgIpc) is 2.31. The van der Waals surface area contributed by atoms with Crippen molar-refractivity contribution in [1.29, 1.82) is 0 Å². The van der Waals surface area contributed by atoms with Crippen molar-refractivity contribution in [3.63, 3.8) is 0 Å².